The average Bonchev–Trinajstić information content (AvgIpc) is 3.40. The normalized spacial score (nSPS) is 17.6. The van der Waals surface area contributed by atoms with Crippen molar-refractivity contribution in [3.63, 3.8) is 0 Å². The Hall–Kier alpha value is -3.28. The number of ether oxygens (including phenoxy) is 1. The van der Waals surface area contributed by atoms with Gasteiger partial charge in [0, 0.05) is 21.8 Å². The van der Waals surface area contributed by atoms with Crippen LogP contribution in [0.3, 0.4) is 0 Å². The maximum absolute atomic E-state index is 9.90. The molecule has 0 radical (unpaired) electrons. The predicted molar refractivity (Wildman–Crippen MR) is 193 cm³/mol. The fraction of sp³-hybridized carbons (Fsp3) is 0.316. The van der Waals surface area contributed by atoms with Crippen molar-refractivity contribution in [1.82, 2.24) is 0 Å². The highest BCUT2D eigenvalue weighted by Gasteiger charge is 2.44. The summed E-state index contributed by atoms with van der Waals surface area (Å²) in [5.41, 5.74) is 2.07. The van der Waals surface area contributed by atoms with Gasteiger partial charge >= 0.3 is 0 Å². The van der Waals surface area contributed by atoms with E-state index < -0.39 is 25.6 Å². The summed E-state index contributed by atoms with van der Waals surface area (Å²) in [5, 5.41) is 1.28. The number of benzene rings is 4. The Bertz CT molecular complexity index is 2450. The molecule has 5 aromatic rings. The Morgan fingerprint density at radius 2 is 1.47 bits per heavy atom. The molecule has 43 heavy (non-hydrogen) atoms. The summed E-state index contributed by atoms with van der Waals surface area (Å²) in [5.74, 6) is 0.424. The zero-order chi connectivity index (χ0) is 39.3. The number of hydrogen-bond acceptors (Lipinski definition) is 3. The van der Waals surface area contributed by atoms with Crippen molar-refractivity contribution < 1.29 is 18.4 Å². The van der Waals surface area contributed by atoms with Crippen molar-refractivity contribution in [2.45, 2.75) is 78.9 Å². The zero-order valence-corrected chi connectivity index (χ0v) is 28.3. The standard InChI is InChI=1S/C38H42BNOSSi/c1-23-19-31-35-32(20-23)41-36-34(28-21-25(38(5,6)7)13-18-33(28)42-36)39(35)29-17-16-27(43(8,9)10)22-30(29)40(31)26-14-11-24(12-15-26)37(2,3)4/h11-22H,1-10H3/i11D,12D,13D,14D,15D,16D,17D,18D,21D,22D. The van der Waals surface area contributed by atoms with Gasteiger partial charge in [0.05, 0.1) is 21.8 Å². The van der Waals surface area contributed by atoms with Gasteiger partial charge in [0.2, 0.25) is 0 Å². The van der Waals surface area contributed by atoms with E-state index in [0.29, 0.717) is 48.3 Å². The lowest BCUT2D eigenvalue weighted by Gasteiger charge is -2.40. The second-order valence-electron chi connectivity index (χ2n) is 14.8. The molecule has 0 spiro atoms. The fourth-order valence-corrected chi connectivity index (χ4v) is 7.72. The molecule has 0 saturated carbocycles. The summed E-state index contributed by atoms with van der Waals surface area (Å²) >= 11 is 1.18. The highest BCUT2D eigenvalue weighted by molar-refractivity contribution is 7.24. The maximum Gasteiger partial charge on any atom is 0.258 e. The highest BCUT2D eigenvalue weighted by atomic mass is 32.1. The minimum Gasteiger partial charge on any atom is -0.448 e. The van der Waals surface area contributed by atoms with E-state index >= 15 is 0 Å². The number of nitrogens with zero attached hydrogens (tertiary/aromatic N) is 1. The maximum atomic E-state index is 9.90. The summed E-state index contributed by atoms with van der Waals surface area (Å²) in [6.45, 7) is 18.3. The first-order valence-electron chi connectivity index (χ1n) is 19.8. The van der Waals surface area contributed by atoms with Gasteiger partial charge < -0.3 is 9.64 Å². The Morgan fingerprint density at radius 1 is 0.791 bits per heavy atom. The molecular weight excluding hydrogens is 557 g/mol. The number of rotatable bonds is 2. The van der Waals surface area contributed by atoms with Crippen LogP contribution in [0.5, 0.6) is 10.8 Å². The van der Waals surface area contributed by atoms with Crippen LogP contribution in [0.2, 0.25) is 19.6 Å². The van der Waals surface area contributed by atoms with Gasteiger partial charge in [0.15, 0.2) is 5.06 Å². The SMILES string of the molecule is [2H]c1c([2H])c([Si](C)(C)C)c([2H])c2c1B1c3c(cc(C)cc3N2c2c([2H])c([2H])c(C(C)(C)C)c([2H])c2[2H])Oc2sc3c([2H])c([2H])c(C(C)(C)C)c([2H])c3c21. The molecule has 0 bridgehead atoms. The van der Waals surface area contributed by atoms with Gasteiger partial charge in [0.25, 0.3) is 6.71 Å². The average molecular weight is 610 g/mol. The molecule has 0 saturated heterocycles. The van der Waals surface area contributed by atoms with Crippen LogP contribution >= 0.6 is 11.3 Å². The van der Waals surface area contributed by atoms with Gasteiger partial charge in [-0.25, -0.2) is 0 Å². The van der Waals surface area contributed by atoms with Gasteiger partial charge in [-0.2, -0.15) is 0 Å². The molecule has 3 heterocycles. The molecule has 2 nitrogen and oxygen atoms in total. The predicted octanol–water partition coefficient (Wildman–Crippen LogP) is 8.76. The van der Waals surface area contributed by atoms with Crippen molar-refractivity contribution in [1.29, 1.82) is 0 Å². The molecular formula is C38H42BNOSSi. The van der Waals surface area contributed by atoms with Crippen LogP contribution in [0.15, 0.2) is 72.6 Å². The second kappa shape index (κ2) is 9.36. The van der Waals surface area contributed by atoms with Crippen LogP contribution in [0.4, 0.5) is 17.1 Å². The van der Waals surface area contributed by atoms with Crippen molar-refractivity contribution in [2.75, 3.05) is 4.90 Å². The molecule has 0 amide bonds. The van der Waals surface area contributed by atoms with E-state index in [0.717, 1.165) is 5.56 Å². The Morgan fingerprint density at radius 3 is 2.12 bits per heavy atom. The summed E-state index contributed by atoms with van der Waals surface area (Å²) in [6, 6.07) is 2.62. The summed E-state index contributed by atoms with van der Waals surface area (Å²) in [6.07, 6.45) is 0. The smallest absolute Gasteiger partial charge is 0.258 e. The molecule has 1 aromatic heterocycles. The molecule has 0 fully saturated rings. The minimum atomic E-state index is -2.50. The van der Waals surface area contributed by atoms with Crippen molar-refractivity contribution in [3.05, 3.63) is 89.2 Å². The number of anilines is 3. The monoisotopic (exact) mass is 609 g/mol. The van der Waals surface area contributed by atoms with Gasteiger partial charge in [-0.15, -0.1) is 0 Å². The van der Waals surface area contributed by atoms with E-state index in [1.54, 1.807) is 4.90 Å². The van der Waals surface area contributed by atoms with Crippen LogP contribution < -0.4 is 31.2 Å². The quantitative estimate of drug-likeness (QED) is 0.182. The van der Waals surface area contributed by atoms with Crippen LogP contribution in [0, 0.1) is 6.92 Å². The molecule has 218 valence electrons. The van der Waals surface area contributed by atoms with Crippen molar-refractivity contribution in [3.8, 4) is 10.8 Å². The zero-order valence-electron chi connectivity index (χ0n) is 36.5. The Balaban J connectivity index is 1.72. The molecule has 4 aromatic carbocycles. The number of thiophene rings is 1. The summed E-state index contributed by atoms with van der Waals surface area (Å²) < 4.78 is 101. The summed E-state index contributed by atoms with van der Waals surface area (Å²) in [4.78, 5) is 1.59. The molecule has 5 heteroatoms. The van der Waals surface area contributed by atoms with Crippen LogP contribution in [0.1, 0.15) is 71.9 Å². The third-order valence-electron chi connectivity index (χ3n) is 8.17. The van der Waals surface area contributed by atoms with Gasteiger partial charge in [-0.1, -0.05) is 114 Å². The lowest BCUT2D eigenvalue weighted by atomic mass is 9.34. The molecule has 0 unspecified atom stereocenters. The van der Waals surface area contributed by atoms with Gasteiger partial charge in [-0.05, 0) is 92.5 Å². The summed E-state index contributed by atoms with van der Waals surface area (Å²) in [7, 11) is -2.50. The van der Waals surface area contributed by atoms with E-state index in [1.165, 1.54) is 11.3 Å². The number of fused-ring (bicyclic) bond motifs is 6. The highest BCUT2D eigenvalue weighted by Crippen LogP contribution is 2.45. The first kappa shape index (κ1) is 19.2. The molecule has 0 aliphatic carbocycles. The third-order valence-corrected chi connectivity index (χ3v) is 10.9. The Labute approximate surface area is 276 Å². The molecule has 7 rings (SSSR count). The van der Waals surface area contributed by atoms with E-state index in [1.807, 2.05) is 80.2 Å². The third kappa shape index (κ3) is 4.58. The van der Waals surface area contributed by atoms with Crippen LogP contribution in [-0.4, -0.2) is 14.8 Å². The lowest BCUT2D eigenvalue weighted by molar-refractivity contribution is 0.501. The molecule has 2 aliphatic rings. The first-order valence-corrected chi connectivity index (χ1v) is 19.1. The van der Waals surface area contributed by atoms with E-state index in [2.05, 4.69) is 0 Å². The van der Waals surface area contributed by atoms with Crippen molar-refractivity contribution in [2.24, 2.45) is 0 Å². The fourth-order valence-electron chi connectivity index (χ4n) is 5.77. The number of hydrogen-bond donors (Lipinski definition) is 0. The van der Waals surface area contributed by atoms with Gasteiger partial charge in [-0.3, -0.25) is 0 Å². The molecule has 0 atom stereocenters. The Kier molecular flexibility index (Phi) is 4.18. The van der Waals surface area contributed by atoms with Gasteiger partial charge in [0.1, 0.15) is 5.75 Å². The van der Waals surface area contributed by atoms with Crippen LogP contribution in [0.25, 0.3) is 10.1 Å². The molecule has 2 aliphatic heterocycles. The van der Waals surface area contributed by atoms with E-state index in [-0.39, 0.29) is 82.8 Å². The second-order valence-corrected chi connectivity index (χ2v) is 20.8. The van der Waals surface area contributed by atoms with Crippen molar-refractivity contribution >= 4 is 74.8 Å². The van der Waals surface area contributed by atoms with E-state index in [4.69, 9.17) is 10.2 Å². The number of aryl methyl sites for hydroxylation is 1. The largest absolute Gasteiger partial charge is 0.448 e. The lowest BCUT2D eigenvalue weighted by Crippen LogP contribution is -2.59. The minimum absolute atomic E-state index is 0.00527. The first-order chi connectivity index (χ1) is 24.3. The topological polar surface area (TPSA) is 12.5 Å². The van der Waals surface area contributed by atoms with E-state index in [9.17, 15) is 8.22 Å². The molecule has 0 N–H and O–H groups in total. The van der Waals surface area contributed by atoms with Crippen LogP contribution in [-0.2, 0) is 10.8 Å².